The minimum Gasteiger partial charge on any atom is -0.369 e. The SMILES string of the molecule is CCNc1nc(C)cc(NCCS(C)=O)n1. The zero-order chi connectivity index (χ0) is 12.0. The first-order valence-corrected chi connectivity index (χ1v) is 6.98. The molecule has 90 valence electrons. The number of hydrogen-bond donors (Lipinski definition) is 2. The summed E-state index contributed by atoms with van der Waals surface area (Å²) in [5.74, 6) is 2.02. The molecule has 0 aliphatic carbocycles. The predicted molar refractivity (Wildman–Crippen MR) is 68.4 cm³/mol. The Labute approximate surface area is 98.5 Å². The summed E-state index contributed by atoms with van der Waals surface area (Å²) < 4.78 is 10.9. The first-order valence-electron chi connectivity index (χ1n) is 5.25. The second kappa shape index (κ2) is 6.42. The molecule has 0 aliphatic heterocycles. The first kappa shape index (κ1) is 12.9. The number of rotatable bonds is 6. The highest BCUT2D eigenvalue weighted by molar-refractivity contribution is 7.84. The van der Waals surface area contributed by atoms with Crippen LogP contribution in [-0.2, 0) is 10.8 Å². The Balaban J connectivity index is 2.61. The Hall–Kier alpha value is -1.17. The number of aryl methyl sites for hydroxylation is 1. The Morgan fingerprint density at radius 3 is 2.75 bits per heavy atom. The molecule has 1 aromatic rings. The minimum absolute atomic E-state index is 0.625. The van der Waals surface area contributed by atoms with Crippen LogP contribution in [0.15, 0.2) is 6.07 Å². The van der Waals surface area contributed by atoms with E-state index in [2.05, 4.69) is 20.6 Å². The van der Waals surface area contributed by atoms with E-state index < -0.39 is 10.8 Å². The zero-order valence-electron chi connectivity index (χ0n) is 9.91. The molecule has 16 heavy (non-hydrogen) atoms. The minimum atomic E-state index is -0.775. The highest BCUT2D eigenvalue weighted by Crippen LogP contribution is 2.08. The van der Waals surface area contributed by atoms with Gasteiger partial charge in [-0.3, -0.25) is 4.21 Å². The maximum Gasteiger partial charge on any atom is 0.224 e. The van der Waals surface area contributed by atoms with Crippen molar-refractivity contribution in [2.24, 2.45) is 0 Å². The fraction of sp³-hybridized carbons (Fsp3) is 0.600. The molecule has 2 N–H and O–H groups in total. The second-order valence-electron chi connectivity index (χ2n) is 3.45. The molecule has 0 fully saturated rings. The fourth-order valence-electron chi connectivity index (χ4n) is 1.22. The summed E-state index contributed by atoms with van der Waals surface area (Å²) in [6.07, 6.45) is 1.69. The molecule has 0 bridgehead atoms. The molecule has 0 aliphatic rings. The second-order valence-corrected chi connectivity index (χ2v) is 5.01. The van der Waals surface area contributed by atoms with E-state index in [0.29, 0.717) is 18.2 Å². The summed E-state index contributed by atoms with van der Waals surface area (Å²) in [4.78, 5) is 8.53. The van der Waals surface area contributed by atoms with Crippen LogP contribution in [0.25, 0.3) is 0 Å². The van der Waals surface area contributed by atoms with E-state index >= 15 is 0 Å². The van der Waals surface area contributed by atoms with Crippen molar-refractivity contribution in [1.29, 1.82) is 0 Å². The highest BCUT2D eigenvalue weighted by Gasteiger charge is 2.00. The molecule has 0 saturated heterocycles. The van der Waals surface area contributed by atoms with Gasteiger partial charge < -0.3 is 10.6 Å². The van der Waals surface area contributed by atoms with Crippen molar-refractivity contribution in [2.75, 3.05) is 35.7 Å². The van der Waals surface area contributed by atoms with Crippen LogP contribution < -0.4 is 10.6 Å². The fourth-order valence-corrected chi connectivity index (χ4v) is 1.61. The van der Waals surface area contributed by atoms with Crippen LogP contribution in [-0.4, -0.2) is 39.3 Å². The van der Waals surface area contributed by atoms with Crippen LogP contribution in [0.1, 0.15) is 12.6 Å². The van der Waals surface area contributed by atoms with Crippen LogP contribution in [0.3, 0.4) is 0 Å². The third-order valence-electron chi connectivity index (χ3n) is 1.88. The van der Waals surface area contributed by atoms with Crippen molar-refractivity contribution in [3.05, 3.63) is 11.8 Å². The van der Waals surface area contributed by atoms with Crippen molar-refractivity contribution in [3.8, 4) is 0 Å². The number of nitrogens with zero attached hydrogens (tertiary/aromatic N) is 2. The van der Waals surface area contributed by atoms with Crippen LogP contribution in [0.5, 0.6) is 0 Å². The van der Waals surface area contributed by atoms with Gasteiger partial charge in [-0.05, 0) is 13.8 Å². The molecule has 6 heteroatoms. The smallest absolute Gasteiger partial charge is 0.224 e. The predicted octanol–water partition coefficient (Wildman–Crippen LogP) is 1.01. The van der Waals surface area contributed by atoms with Gasteiger partial charge in [-0.15, -0.1) is 0 Å². The molecule has 0 amide bonds. The van der Waals surface area contributed by atoms with Gasteiger partial charge in [0.15, 0.2) is 0 Å². The molecule has 0 aromatic carbocycles. The maximum absolute atomic E-state index is 10.9. The lowest BCUT2D eigenvalue weighted by molar-refractivity contribution is 0.687. The van der Waals surface area contributed by atoms with Crippen LogP contribution in [0.2, 0.25) is 0 Å². The normalized spacial score (nSPS) is 12.2. The lowest BCUT2D eigenvalue weighted by Crippen LogP contribution is -2.12. The molecule has 1 heterocycles. The van der Waals surface area contributed by atoms with Gasteiger partial charge in [0.25, 0.3) is 0 Å². The Kier molecular flexibility index (Phi) is 5.18. The van der Waals surface area contributed by atoms with E-state index in [-0.39, 0.29) is 0 Å². The van der Waals surface area contributed by atoms with Gasteiger partial charge >= 0.3 is 0 Å². The summed E-state index contributed by atoms with van der Waals surface area (Å²) in [7, 11) is -0.775. The number of anilines is 2. The van der Waals surface area contributed by atoms with E-state index in [1.54, 1.807) is 6.26 Å². The lowest BCUT2D eigenvalue weighted by Gasteiger charge is -2.08. The van der Waals surface area contributed by atoms with E-state index in [4.69, 9.17) is 0 Å². The standard InChI is InChI=1S/C10H18N4OS/c1-4-11-10-13-8(2)7-9(14-10)12-5-6-16(3)15/h7H,4-6H2,1-3H3,(H2,11,12,13,14). The van der Waals surface area contributed by atoms with Crippen molar-refractivity contribution in [1.82, 2.24) is 9.97 Å². The quantitative estimate of drug-likeness (QED) is 0.779. The molecule has 1 aromatic heterocycles. The monoisotopic (exact) mass is 242 g/mol. The topological polar surface area (TPSA) is 66.9 Å². The van der Waals surface area contributed by atoms with Crippen LogP contribution in [0.4, 0.5) is 11.8 Å². The van der Waals surface area contributed by atoms with Crippen molar-refractivity contribution in [2.45, 2.75) is 13.8 Å². The summed E-state index contributed by atoms with van der Waals surface area (Å²) in [6, 6.07) is 1.87. The van der Waals surface area contributed by atoms with Gasteiger partial charge in [0.1, 0.15) is 5.82 Å². The Bertz CT molecular complexity index is 370. The maximum atomic E-state index is 10.9. The summed E-state index contributed by atoms with van der Waals surface area (Å²) >= 11 is 0. The van der Waals surface area contributed by atoms with Crippen LogP contribution in [0, 0.1) is 6.92 Å². The summed E-state index contributed by atoms with van der Waals surface area (Å²) in [6.45, 7) is 5.37. The number of nitrogens with one attached hydrogen (secondary N) is 2. The average Bonchev–Trinajstić information content (AvgIpc) is 2.16. The van der Waals surface area contributed by atoms with Crippen molar-refractivity contribution < 1.29 is 4.21 Å². The zero-order valence-corrected chi connectivity index (χ0v) is 10.7. The van der Waals surface area contributed by atoms with Crippen molar-refractivity contribution in [3.63, 3.8) is 0 Å². The van der Waals surface area contributed by atoms with Gasteiger partial charge in [-0.25, -0.2) is 4.98 Å². The molecule has 1 rings (SSSR count). The van der Waals surface area contributed by atoms with Gasteiger partial charge in [0.2, 0.25) is 5.95 Å². The number of hydrogen-bond acceptors (Lipinski definition) is 5. The summed E-state index contributed by atoms with van der Waals surface area (Å²) in [5.41, 5.74) is 0.908. The average molecular weight is 242 g/mol. The molecule has 0 saturated carbocycles. The molecule has 0 spiro atoms. The number of aromatic nitrogens is 2. The molecule has 0 radical (unpaired) electrons. The first-order chi connectivity index (χ1) is 7.61. The highest BCUT2D eigenvalue weighted by atomic mass is 32.2. The summed E-state index contributed by atoms with van der Waals surface area (Å²) in [5, 5.41) is 6.20. The van der Waals surface area contributed by atoms with E-state index in [0.717, 1.165) is 18.1 Å². The van der Waals surface area contributed by atoms with Gasteiger partial charge in [0.05, 0.1) is 0 Å². The van der Waals surface area contributed by atoms with Gasteiger partial charge in [-0.1, -0.05) is 0 Å². The van der Waals surface area contributed by atoms with Gasteiger partial charge in [0, 0.05) is 47.7 Å². The van der Waals surface area contributed by atoms with Gasteiger partial charge in [-0.2, -0.15) is 4.98 Å². The Morgan fingerprint density at radius 2 is 2.12 bits per heavy atom. The Morgan fingerprint density at radius 1 is 1.38 bits per heavy atom. The van der Waals surface area contributed by atoms with E-state index in [1.807, 2.05) is 19.9 Å². The third-order valence-corrected chi connectivity index (χ3v) is 2.66. The lowest BCUT2D eigenvalue weighted by atomic mass is 10.4. The molecular weight excluding hydrogens is 224 g/mol. The molecule has 1 unspecified atom stereocenters. The molecule has 5 nitrogen and oxygen atoms in total. The van der Waals surface area contributed by atoms with E-state index in [9.17, 15) is 4.21 Å². The van der Waals surface area contributed by atoms with Crippen LogP contribution >= 0.6 is 0 Å². The molecule has 1 atom stereocenters. The third kappa shape index (κ3) is 4.57. The largest absolute Gasteiger partial charge is 0.369 e. The molecular formula is C10H18N4OS. The van der Waals surface area contributed by atoms with Crippen molar-refractivity contribution >= 4 is 22.6 Å². The van der Waals surface area contributed by atoms with E-state index in [1.165, 1.54) is 0 Å².